The van der Waals surface area contributed by atoms with Gasteiger partial charge in [-0.3, -0.25) is 0 Å². The van der Waals surface area contributed by atoms with Crippen LogP contribution in [0.15, 0.2) is 122 Å². The van der Waals surface area contributed by atoms with Crippen molar-refractivity contribution in [3.8, 4) is 0 Å². The van der Waals surface area contributed by atoms with Gasteiger partial charge in [-0.15, -0.1) is 0 Å². The van der Waals surface area contributed by atoms with Gasteiger partial charge in [-0.25, -0.2) is 4.98 Å². The molecule has 0 spiro atoms. The molecule has 1 unspecified atom stereocenters. The highest BCUT2D eigenvalue weighted by Crippen LogP contribution is 2.43. The fraction of sp³-hybridized carbons (Fsp3) is 0.229. The maximum atomic E-state index is 13.1. The number of fused-ring (bicyclic) bond motifs is 1. The molecule has 6 rings (SSSR count). The van der Waals surface area contributed by atoms with E-state index in [-0.39, 0.29) is 12.5 Å². The predicted molar refractivity (Wildman–Crippen MR) is 153 cm³/mol. The van der Waals surface area contributed by atoms with Gasteiger partial charge in [0.2, 0.25) is 0 Å². The van der Waals surface area contributed by atoms with Crippen LogP contribution in [0.1, 0.15) is 45.6 Å². The van der Waals surface area contributed by atoms with Crippen molar-refractivity contribution < 1.29 is 17.9 Å². The van der Waals surface area contributed by atoms with Crippen LogP contribution in [0.5, 0.6) is 0 Å². The smallest absolute Gasteiger partial charge is 0.376 e. The molecular weight excluding hydrogens is 521 g/mol. The zero-order valence-electron chi connectivity index (χ0n) is 22.6. The fourth-order valence-electron chi connectivity index (χ4n) is 6.12. The molecule has 1 aliphatic carbocycles. The van der Waals surface area contributed by atoms with Gasteiger partial charge < -0.3 is 9.30 Å². The quantitative estimate of drug-likeness (QED) is 0.182. The molecule has 1 aromatic heterocycles. The molecule has 41 heavy (non-hydrogen) atoms. The Labute approximate surface area is 238 Å². The van der Waals surface area contributed by atoms with Gasteiger partial charge in [0.1, 0.15) is 5.54 Å². The number of imidazole rings is 1. The second kappa shape index (κ2) is 11.4. The predicted octanol–water partition coefficient (Wildman–Crippen LogP) is 8.06. The number of rotatable bonds is 8. The van der Waals surface area contributed by atoms with Crippen molar-refractivity contribution in [2.75, 3.05) is 6.61 Å². The van der Waals surface area contributed by atoms with E-state index in [4.69, 9.17) is 9.72 Å². The van der Waals surface area contributed by atoms with Crippen LogP contribution in [0.4, 0.5) is 13.2 Å². The topological polar surface area (TPSA) is 27.1 Å². The molecule has 0 aliphatic heterocycles. The Hall–Kier alpha value is -4.16. The first-order chi connectivity index (χ1) is 20.0. The standard InChI is InChI=1S/C35H31F3N2O/c36-35(37,38)31-18-10-11-26(21-31)23-41-24-27-19-20-32-33(22-27)40(25-39-32)34(28-12-4-1-5-13-28,29-14-6-2-7-15-29)30-16-8-3-9-17-30/h1-18,21,25,27H,19-20,22-24H2. The molecule has 208 valence electrons. The summed E-state index contributed by atoms with van der Waals surface area (Å²) in [4.78, 5) is 4.91. The summed E-state index contributed by atoms with van der Waals surface area (Å²) < 4.78 is 47.8. The number of alkyl halides is 3. The summed E-state index contributed by atoms with van der Waals surface area (Å²) in [5.74, 6) is 0.226. The van der Waals surface area contributed by atoms with Crippen molar-refractivity contribution in [3.63, 3.8) is 0 Å². The number of aromatic nitrogens is 2. The number of aryl methyl sites for hydroxylation is 1. The normalized spacial score (nSPS) is 15.4. The van der Waals surface area contributed by atoms with Crippen molar-refractivity contribution in [1.82, 2.24) is 9.55 Å². The number of nitrogens with zero attached hydrogens (tertiary/aromatic N) is 2. The van der Waals surface area contributed by atoms with Crippen LogP contribution in [-0.4, -0.2) is 16.2 Å². The number of ether oxygens (including phenoxy) is 1. The molecule has 0 fully saturated rings. The van der Waals surface area contributed by atoms with Gasteiger partial charge in [0.05, 0.1) is 30.8 Å². The minimum atomic E-state index is -4.36. The lowest BCUT2D eigenvalue weighted by Gasteiger charge is -2.39. The van der Waals surface area contributed by atoms with Crippen LogP contribution in [0, 0.1) is 5.92 Å². The second-order valence-electron chi connectivity index (χ2n) is 10.6. The number of benzene rings is 4. The third-order valence-electron chi connectivity index (χ3n) is 8.04. The van der Waals surface area contributed by atoms with Gasteiger partial charge in [0.15, 0.2) is 0 Å². The maximum Gasteiger partial charge on any atom is 0.416 e. The van der Waals surface area contributed by atoms with E-state index in [0.717, 1.165) is 47.7 Å². The van der Waals surface area contributed by atoms with E-state index < -0.39 is 17.3 Å². The number of halogens is 3. The fourth-order valence-corrected chi connectivity index (χ4v) is 6.12. The van der Waals surface area contributed by atoms with Gasteiger partial charge >= 0.3 is 6.18 Å². The van der Waals surface area contributed by atoms with E-state index >= 15 is 0 Å². The zero-order chi connectivity index (χ0) is 28.3. The Morgan fingerprint density at radius 3 is 1.85 bits per heavy atom. The van der Waals surface area contributed by atoms with Crippen molar-refractivity contribution in [3.05, 3.63) is 161 Å². The van der Waals surface area contributed by atoms with Crippen LogP contribution in [0.2, 0.25) is 0 Å². The first kappa shape index (κ1) is 27.0. The van der Waals surface area contributed by atoms with Gasteiger partial charge in [-0.2, -0.15) is 13.2 Å². The molecule has 3 nitrogen and oxygen atoms in total. The first-order valence-electron chi connectivity index (χ1n) is 13.9. The average molecular weight is 553 g/mol. The Morgan fingerprint density at radius 1 is 0.732 bits per heavy atom. The van der Waals surface area contributed by atoms with Crippen molar-refractivity contribution >= 4 is 0 Å². The molecule has 0 radical (unpaired) electrons. The Morgan fingerprint density at radius 2 is 1.29 bits per heavy atom. The lowest BCUT2D eigenvalue weighted by Crippen LogP contribution is -2.39. The Balaban J connectivity index is 1.34. The Bertz CT molecular complexity index is 1480. The average Bonchev–Trinajstić information content (AvgIpc) is 3.43. The number of hydrogen-bond donors (Lipinski definition) is 0. The SMILES string of the molecule is FC(F)(F)c1cccc(COCC2CCc3ncn(C(c4ccccc4)(c4ccccc4)c4ccccc4)c3C2)c1. The molecule has 0 saturated carbocycles. The van der Waals surface area contributed by atoms with E-state index in [1.807, 2.05) is 24.5 Å². The highest BCUT2D eigenvalue weighted by Gasteiger charge is 2.41. The van der Waals surface area contributed by atoms with E-state index in [2.05, 4.69) is 77.4 Å². The van der Waals surface area contributed by atoms with Crippen LogP contribution < -0.4 is 0 Å². The maximum absolute atomic E-state index is 13.1. The lowest BCUT2D eigenvalue weighted by atomic mass is 9.76. The highest BCUT2D eigenvalue weighted by atomic mass is 19.4. The largest absolute Gasteiger partial charge is 0.416 e. The van der Waals surface area contributed by atoms with Crippen LogP contribution in [0.25, 0.3) is 0 Å². The number of hydrogen-bond acceptors (Lipinski definition) is 2. The van der Waals surface area contributed by atoms with Gasteiger partial charge in [-0.1, -0.05) is 103 Å². The molecule has 0 amide bonds. The van der Waals surface area contributed by atoms with Crippen molar-refractivity contribution in [2.24, 2.45) is 5.92 Å². The van der Waals surface area contributed by atoms with Crippen LogP contribution in [-0.2, 0) is 35.9 Å². The summed E-state index contributed by atoms with van der Waals surface area (Å²) in [6.45, 7) is 0.615. The first-order valence-corrected chi connectivity index (χ1v) is 13.9. The Kier molecular flexibility index (Phi) is 7.50. The molecular formula is C35H31F3N2O. The summed E-state index contributed by atoms with van der Waals surface area (Å²) in [7, 11) is 0. The van der Waals surface area contributed by atoms with Gasteiger partial charge in [0.25, 0.3) is 0 Å². The van der Waals surface area contributed by atoms with Crippen LogP contribution in [0.3, 0.4) is 0 Å². The van der Waals surface area contributed by atoms with Gasteiger partial charge in [-0.05, 0) is 59.6 Å². The minimum absolute atomic E-state index is 0.147. The molecule has 5 aromatic rings. The molecule has 4 aromatic carbocycles. The molecule has 1 aliphatic rings. The van der Waals surface area contributed by atoms with E-state index in [1.54, 1.807) is 6.07 Å². The van der Waals surface area contributed by atoms with E-state index in [0.29, 0.717) is 12.2 Å². The van der Waals surface area contributed by atoms with Crippen molar-refractivity contribution in [1.29, 1.82) is 0 Å². The summed E-state index contributed by atoms with van der Waals surface area (Å²) in [5.41, 5.74) is 4.92. The molecule has 0 N–H and O–H groups in total. The van der Waals surface area contributed by atoms with Gasteiger partial charge in [0, 0.05) is 5.69 Å². The summed E-state index contributed by atoms with van der Waals surface area (Å²) in [6.07, 6.45) is 0.128. The second-order valence-corrected chi connectivity index (χ2v) is 10.6. The lowest BCUT2D eigenvalue weighted by molar-refractivity contribution is -0.137. The molecule has 6 heteroatoms. The molecule has 1 atom stereocenters. The third-order valence-corrected chi connectivity index (χ3v) is 8.04. The summed E-state index contributed by atoms with van der Waals surface area (Å²) >= 11 is 0. The van der Waals surface area contributed by atoms with E-state index in [9.17, 15) is 13.2 Å². The van der Waals surface area contributed by atoms with Crippen LogP contribution >= 0.6 is 0 Å². The molecule has 0 bridgehead atoms. The van der Waals surface area contributed by atoms with Crippen molar-refractivity contribution in [2.45, 2.75) is 37.6 Å². The molecule has 0 saturated heterocycles. The summed E-state index contributed by atoms with van der Waals surface area (Å²) in [6, 6.07) is 36.9. The minimum Gasteiger partial charge on any atom is -0.376 e. The highest BCUT2D eigenvalue weighted by molar-refractivity contribution is 5.51. The van der Waals surface area contributed by atoms with E-state index in [1.165, 1.54) is 17.8 Å². The monoisotopic (exact) mass is 552 g/mol. The summed E-state index contributed by atoms with van der Waals surface area (Å²) in [5, 5.41) is 0. The molecule has 1 heterocycles. The zero-order valence-corrected chi connectivity index (χ0v) is 22.6. The third kappa shape index (κ3) is 5.32.